The largest absolute Gasteiger partial charge is 0.478 e. The summed E-state index contributed by atoms with van der Waals surface area (Å²) >= 11 is 3.17. The van der Waals surface area contributed by atoms with Gasteiger partial charge in [-0.15, -0.1) is 0 Å². The van der Waals surface area contributed by atoms with Crippen LogP contribution < -0.4 is 14.8 Å². The zero-order valence-electron chi connectivity index (χ0n) is 15.0. The average molecular weight is 493 g/mol. The van der Waals surface area contributed by atoms with E-state index < -0.39 is 27.9 Å². The Bertz CT molecular complexity index is 1040. The summed E-state index contributed by atoms with van der Waals surface area (Å²) in [5, 5.41) is 2.65. The van der Waals surface area contributed by atoms with Gasteiger partial charge in [0.25, 0.3) is 5.91 Å². The van der Waals surface area contributed by atoms with Gasteiger partial charge >= 0.3 is 6.18 Å². The van der Waals surface area contributed by atoms with E-state index in [0.29, 0.717) is 17.7 Å². The summed E-state index contributed by atoms with van der Waals surface area (Å²) in [7, 11) is -4.01. The van der Waals surface area contributed by atoms with Gasteiger partial charge in [0.15, 0.2) is 6.10 Å². The van der Waals surface area contributed by atoms with Crippen LogP contribution in [0.4, 0.5) is 18.9 Å². The first-order valence-electron chi connectivity index (χ1n) is 8.48. The first kappa shape index (κ1) is 21.6. The molecule has 1 heterocycles. The predicted molar refractivity (Wildman–Crippen MR) is 103 cm³/mol. The van der Waals surface area contributed by atoms with Gasteiger partial charge in [-0.05, 0) is 46.1 Å². The molecule has 1 amide bonds. The normalized spacial score (nSPS) is 16.7. The van der Waals surface area contributed by atoms with E-state index in [0.717, 1.165) is 12.1 Å². The Balaban J connectivity index is 1.80. The van der Waals surface area contributed by atoms with Crippen LogP contribution in [0.3, 0.4) is 0 Å². The smallest absolute Gasteiger partial charge is 0.416 e. The van der Waals surface area contributed by atoms with Gasteiger partial charge in [0.05, 0.1) is 11.3 Å². The minimum absolute atomic E-state index is 0.117. The van der Waals surface area contributed by atoms with E-state index in [-0.39, 0.29) is 27.6 Å². The molecule has 1 atom stereocenters. The predicted octanol–water partition coefficient (Wildman–Crippen LogP) is 4.06. The summed E-state index contributed by atoms with van der Waals surface area (Å²) < 4.78 is 71.4. The Kier molecular flexibility index (Phi) is 5.93. The molecule has 2 N–H and O–H groups in total. The third-order valence-corrected chi connectivity index (χ3v) is 6.62. The number of halogens is 4. The van der Waals surface area contributed by atoms with Gasteiger partial charge < -0.3 is 10.1 Å². The van der Waals surface area contributed by atoms with Crippen LogP contribution in [0.25, 0.3) is 0 Å². The number of carbonyl (C=O) groups is 1. The van der Waals surface area contributed by atoms with Crippen molar-refractivity contribution in [3.63, 3.8) is 0 Å². The summed E-state index contributed by atoms with van der Waals surface area (Å²) in [4.78, 5) is 11.8. The van der Waals surface area contributed by atoms with Gasteiger partial charge in [-0.1, -0.05) is 19.1 Å². The van der Waals surface area contributed by atoms with Crippen molar-refractivity contribution in [2.45, 2.75) is 37.1 Å². The number of ether oxygens (including phenoxy) is 1. The lowest BCUT2D eigenvalue weighted by molar-refractivity contribution is -0.137. The van der Waals surface area contributed by atoms with Crippen LogP contribution in [0.2, 0.25) is 0 Å². The molecule has 0 aromatic heterocycles. The standard InChI is InChI=1S/C18H16BrF3N2O4S/c1-2-14-17(25)24-13-7-12(19)16(8-15(13)28-14)29(26,27)23-9-10-3-5-11(6-4-10)18(20,21)22/h3-8,14,23H,2,9H2,1H3,(H,24,25). The van der Waals surface area contributed by atoms with Crippen molar-refractivity contribution in [1.29, 1.82) is 0 Å². The summed E-state index contributed by atoms with van der Waals surface area (Å²) in [6.45, 7) is 1.57. The Morgan fingerprint density at radius 2 is 1.86 bits per heavy atom. The number of fused-ring (bicyclic) bond motifs is 1. The summed E-state index contributed by atoms with van der Waals surface area (Å²) in [5.41, 5.74) is -0.107. The summed E-state index contributed by atoms with van der Waals surface area (Å²) in [5.74, 6) is -0.0995. The maximum Gasteiger partial charge on any atom is 0.416 e. The van der Waals surface area contributed by atoms with Crippen molar-refractivity contribution in [3.8, 4) is 5.75 Å². The van der Waals surface area contributed by atoms with Crippen LogP contribution >= 0.6 is 15.9 Å². The third-order valence-electron chi connectivity index (χ3n) is 4.26. The molecule has 0 fully saturated rings. The van der Waals surface area contributed by atoms with Crippen LogP contribution in [0.5, 0.6) is 5.75 Å². The Labute approximate surface area is 173 Å². The van der Waals surface area contributed by atoms with Crippen molar-refractivity contribution in [3.05, 3.63) is 52.0 Å². The number of carbonyl (C=O) groups excluding carboxylic acids is 1. The maximum absolute atomic E-state index is 12.7. The van der Waals surface area contributed by atoms with E-state index >= 15 is 0 Å². The highest BCUT2D eigenvalue weighted by Gasteiger charge is 2.31. The van der Waals surface area contributed by atoms with Gasteiger partial charge in [-0.2, -0.15) is 13.2 Å². The summed E-state index contributed by atoms with van der Waals surface area (Å²) in [6, 6.07) is 6.90. The van der Waals surface area contributed by atoms with Crippen LogP contribution in [-0.2, 0) is 27.5 Å². The monoisotopic (exact) mass is 492 g/mol. The Morgan fingerprint density at radius 3 is 2.45 bits per heavy atom. The van der Waals surface area contributed by atoms with Gasteiger partial charge in [0.1, 0.15) is 10.6 Å². The number of nitrogens with one attached hydrogen (secondary N) is 2. The molecule has 11 heteroatoms. The first-order valence-corrected chi connectivity index (χ1v) is 10.8. The molecule has 29 heavy (non-hydrogen) atoms. The minimum atomic E-state index is -4.46. The SMILES string of the molecule is CCC1Oc2cc(S(=O)(=O)NCc3ccc(C(F)(F)F)cc3)c(Br)cc2NC1=O. The van der Waals surface area contributed by atoms with Crippen molar-refractivity contribution < 1.29 is 31.1 Å². The van der Waals surface area contributed by atoms with Crippen LogP contribution in [-0.4, -0.2) is 20.4 Å². The van der Waals surface area contributed by atoms with Crippen LogP contribution in [0.1, 0.15) is 24.5 Å². The number of sulfonamides is 1. The molecule has 0 aliphatic carbocycles. The molecule has 0 bridgehead atoms. The number of alkyl halides is 3. The van der Waals surface area contributed by atoms with E-state index in [1.165, 1.54) is 24.3 Å². The van der Waals surface area contributed by atoms with Gasteiger partial charge in [-0.25, -0.2) is 13.1 Å². The van der Waals surface area contributed by atoms with E-state index in [4.69, 9.17) is 4.74 Å². The van der Waals surface area contributed by atoms with Crippen molar-refractivity contribution in [2.24, 2.45) is 0 Å². The molecule has 0 radical (unpaired) electrons. The lowest BCUT2D eigenvalue weighted by Gasteiger charge is -2.26. The second-order valence-electron chi connectivity index (χ2n) is 6.30. The number of benzene rings is 2. The van der Waals surface area contributed by atoms with E-state index in [1.54, 1.807) is 6.92 Å². The lowest BCUT2D eigenvalue weighted by atomic mass is 10.1. The van der Waals surface area contributed by atoms with Gasteiger partial charge in [-0.3, -0.25) is 4.79 Å². The van der Waals surface area contributed by atoms with Crippen LogP contribution in [0.15, 0.2) is 45.8 Å². The summed E-state index contributed by atoms with van der Waals surface area (Å²) in [6.07, 6.45) is -4.77. The molecule has 0 spiro atoms. The highest BCUT2D eigenvalue weighted by atomic mass is 79.9. The van der Waals surface area contributed by atoms with Gasteiger partial charge in [0, 0.05) is 17.1 Å². The topological polar surface area (TPSA) is 84.5 Å². The molecule has 1 aliphatic heterocycles. The van der Waals surface area contributed by atoms with Gasteiger partial charge in [0.2, 0.25) is 10.0 Å². The van der Waals surface area contributed by atoms with E-state index in [1.807, 2.05) is 0 Å². The highest BCUT2D eigenvalue weighted by molar-refractivity contribution is 9.10. The molecule has 0 saturated carbocycles. The molecule has 156 valence electrons. The number of hydrogen-bond acceptors (Lipinski definition) is 4. The fourth-order valence-electron chi connectivity index (χ4n) is 2.69. The van der Waals surface area contributed by atoms with Crippen molar-refractivity contribution >= 4 is 37.5 Å². The fourth-order valence-corrected chi connectivity index (χ4v) is 4.76. The van der Waals surface area contributed by atoms with E-state index in [2.05, 4.69) is 26.0 Å². The van der Waals surface area contributed by atoms with Crippen molar-refractivity contribution in [1.82, 2.24) is 4.72 Å². The molecular weight excluding hydrogens is 477 g/mol. The quantitative estimate of drug-likeness (QED) is 0.659. The Morgan fingerprint density at radius 1 is 1.21 bits per heavy atom. The van der Waals surface area contributed by atoms with Crippen molar-refractivity contribution in [2.75, 3.05) is 5.32 Å². The lowest BCUT2D eigenvalue weighted by Crippen LogP contribution is -2.36. The number of anilines is 1. The molecule has 2 aromatic rings. The molecule has 2 aromatic carbocycles. The van der Waals surface area contributed by atoms with Crippen LogP contribution in [0, 0.1) is 0 Å². The molecule has 1 aliphatic rings. The minimum Gasteiger partial charge on any atom is -0.478 e. The molecule has 6 nitrogen and oxygen atoms in total. The first-order chi connectivity index (χ1) is 13.5. The number of hydrogen-bond donors (Lipinski definition) is 2. The maximum atomic E-state index is 12.7. The molecule has 0 saturated heterocycles. The fraction of sp³-hybridized carbons (Fsp3) is 0.278. The zero-order valence-corrected chi connectivity index (χ0v) is 17.4. The van der Waals surface area contributed by atoms with E-state index in [9.17, 15) is 26.4 Å². The number of amides is 1. The molecule has 3 rings (SSSR count). The number of rotatable bonds is 5. The Hall–Kier alpha value is -2.11. The zero-order chi connectivity index (χ0) is 21.4. The molecular formula is C18H16BrF3N2O4S. The highest BCUT2D eigenvalue weighted by Crippen LogP contribution is 2.37. The second kappa shape index (κ2) is 7.96. The third kappa shape index (κ3) is 4.73. The second-order valence-corrected chi connectivity index (χ2v) is 8.89. The average Bonchev–Trinajstić information content (AvgIpc) is 2.65. The molecule has 1 unspecified atom stereocenters.